The first-order valence-electron chi connectivity index (χ1n) is 6.11. The Hall–Kier alpha value is -2.03. The highest BCUT2D eigenvalue weighted by molar-refractivity contribution is 5.89. The molecule has 0 saturated carbocycles. The van der Waals surface area contributed by atoms with Gasteiger partial charge in [-0.15, -0.1) is 0 Å². The molecule has 3 heteroatoms. The second-order valence-electron chi connectivity index (χ2n) is 4.64. The van der Waals surface area contributed by atoms with Gasteiger partial charge in [-0.3, -0.25) is 4.79 Å². The van der Waals surface area contributed by atoms with Crippen LogP contribution in [0.2, 0.25) is 0 Å². The predicted molar refractivity (Wildman–Crippen MR) is 70.9 cm³/mol. The Balaban J connectivity index is 2.13. The lowest BCUT2D eigenvalue weighted by molar-refractivity contribution is -0.119. The third kappa shape index (κ3) is 1.82. The van der Waals surface area contributed by atoms with E-state index in [2.05, 4.69) is 23.5 Å². The summed E-state index contributed by atoms with van der Waals surface area (Å²) < 4.78 is 5.28. The molecule has 1 aliphatic heterocycles. The van der Waals surface area contributed by atoms with E-state index in [9.17, 15) is 4.79 Å². The first-order valence-corrected chi connectivity index (χ1v) is 6.11. The maximum atomic E-state index is 11.4. The summed E-state index contributed by atoms with van der Waals surface area (Å²) in [6.07, 6.45) is 0.580. The third-order valence-electron chi connectivity index (χ3n) is 3.54. The monoisotopic (exact) mass is 241 g/mol. The van der Waals surface area contributed by atoms with Crippen LogP contribution in [0.5, 0.6) is 5.75 Å². The van der Waals surface area contributed by atoms with Gasteiger partial charge >= 0.3 is 0 Å². The molecule has 0 radical (unpaired) electrons. The molecule has 1 aliphatic rings. The molecule has 18 heavy (non-hydrogen) atoms. The van der Waals surface area contributed by atoms with Crippen LogP contribution in [0.15, 0.2) is 36.4 Å². The first-order chi connectivity index (χ1) is 8.78. The van der Waals surface area contributed by atoms with Crippen LogP contribution in [0, 0.1) is 0 Å². The van der Waals surface area contributed by atoms with Crippen molar-refractivity contribution < 1.29 is 9.53 Å². The average Bonchev–Trinajstić information content (AvgIpc) is 2.84. The van der Waals surface area contributed by atoms with Crippen LogP contribution in [0.1, 0.15) is 17.9 Å². The molecule has 2 aromatic rings. The molecule has 0 unspecified atom stereocenters. The van der Waals surface area contributed by atoms with Gasteiger partial charge < -0.3 is 10.1 Å². The van der Waals surface area contributed by atoms with E-state index in [0.717, 1.165) is 12.3 Å². The number of fused-ring (bicyclic) bond motifs is 1. The van der Waals surface area contributed by atoms with Crippen LogP contribution < -0.4 is 10.1 Å². The van der Waals surface area contributed by atoms with Gasteiger partial charge in [-0.1, -0.05) is 24.3 Å². The number of methoxy groups -OCH3 is 1. The highest BCUT2D eigenvalue weighted by atomic mass is 16.5. The van der Waals surface area contributed by atoms with Gasteiger partial charge in [-0.05, 0) is 28.5 Å². The van der Waals surface area contributed by atoms with Gasteiger partial charge in [0, 0.05) is 18.9 Å². The molecule has 1 amide bonds. The zero-order chi connectivity index (χ0) is 12.5. The van der Waals surface area contributed by atoms with Crippen LogP contribution in [0.3, 0.4) is 0 Å². The zero-order valence-corrected chi connectivity index (χ0v) is 10.3. The van der Waals surface area contributed by atoms with E-state index < -0.39 is 0 Å². The van der Waals surface area contributed by atoms with E-state index >= 15 is 0 Å². The molecule has 3 rings (SSSR count). The van der Waals surface area contributed by atoms with Crippen molar-refractivity contribution in [2.24, 2.45) is 0 Å². The zero-order valence-electron chi connectivity index (χ0n) is 10.3. The Morgan fingerprint density at radius 3 is 2.89 bits per heavy atom. The normalized spacial score (nSPS) is 18.9. The van der Waals surface area contributed by atoms with Crippen molar-refractivity contribution in [3.05, 3.63) is 42.0 Å². The quantitative estimate of drug-likeness (QED) is 0.877. The van der Waals surface area contributed by atoms with E-state index in [1.807, 2.05) is 18.2 Å². The summed E-state index contributed by atoms with van der Waals surface area (Å²) in [7, 11) is 1.67. The van der Waals surface area contributed by atoms with E-state index in [0.29, 0.717) is 6.42 Å². The molecule has 1 fully saturated rings. The molecular weight excluding hydrogens is 226 g/mol. The van der Waals surface area contributed by atoms with Gasteiger partial charge in [0.05, 0.1) is 7.11 Å². The Kier molecular flexibility index (Phi) is 2.67. The lowest BCUT2D eigenvalue weighted by Gasteiger charge is -2.12. The molecule has 0 aromatic heterocycles. The standard InChI is InChI=1S/C15H15NO2/c1-18-12-6-5-10-3-2-4-13(14(10)8-12)11-7-15(17)16-9-11/h2-6,8,11H,7,9H2,1H3,(H,16,17)/t11-/m0/s1. The van der Waals surface area contributed by atoms with Crippen LogP contribution in [-0.4, -0.2) is 19.6 Å². The van der Waals surface area contributed by atoms with E-state index in [-0.39, 0.29) is 11.8 Å². The molecule has 2 aromatic carbocycles. The maximum absolute atomic E-state index is 11.4. The fourth-order valence-corrected chi connectivity index (χ4v) is 2.58. The molecule has 0 spiro atoms. The number of rotatable bonds is 2. The number of benzene rings is 2. The number of hydrogen-bond acceptors (Lipinski definition) is 2. The highest BCUT2D eigenvalue weighted by Gasteiger charge is 2.24. The van der Waals surface area contributed by atoms with Crippen molar-refractivity contribution in [2.45, 2.75) is 12.3 Å². The molecule has 1 saturated heterocycles. The lowest BCUT2D eigenvalue weighted by atomic mass is 9.92. The minimum atomic E-state index is 0.139. The SMILES string of the molecule is COc1ccc2cccc([C@@H]3CNC(=O)C3)c2c1. The summed E-state index contributed by atoms with van der Waals surface area (Å²) >= 11 is 0. The van der Waals surface area contributed by atoms with Crippen molar-refractivity contribution in [3.8, 4) is 5.75 Å². The van der Waals surface area contributed by atoms with Gasteiger partial charge in [0.15, 0.2) is 0 Å². The van der Waals surface area contributed by atoms with Crippen LogP contribution >= 0.6 is 0 Å². The summed E-state index contributed by atoms with van der Waals surface area (Å²) in [5.74, 6) is 1.26. The largest absolute Gasteiger partial charge is 0.497 e. The number of carbonyl (C=O) groups excluding carboxylic acids is 1. The highest BCUT2D eigenvalue weighted by Crippen LogP contribution is 2.31. The number of hydrogen-bond donors (Lipinski definition) is 1. The van der Waals surface area contributed by atoms with Gasteiger partial charge in [0.25, 0.3) is 0 Å². The number of amides is 1. The smallest absolute Gasteiger partial charge is 0.220 e. The number of ether oxygens (including phenoxy) is 1. The second kappa shape index (κ2) is 4.33. The van der Waals surface area contributed by atoms with E-state index in [1.54, 1.807) is 7.11 Å². The van der Waals surface area contributed by atoms with Crippen molar-refractivity contribution in [3.63, 3.8) is 0 Å². The van der Waals surface area contributed by atoms with Gasteiger partial charge in [-0.2, -0.15) is 0 Å². The molecule has 92 valence electrons. The second-order valence-corrected chi connectivity index (χ2v) is 4.64. The third-order valence-corrected chi connectivity index (χ3v) is 3.54. The number of nitrogens with one attached hydrogen (secondary N) is 1. The van der Waals surface area contributed by atoms with Gasteiger partial charge in [0.1, 0.15) is 5.75 Å². The summed E-state index contributed by atoms with van der Waals surface area (Å²) in [6.45, 7) is 0.731. The fraction of sp³-hybridized carbons (Fsp3) is 0.267. The minimum absolute atomic E-state index is 0.139. The molecule has 1 heterocycles. The van der Waals surface area contributed by atoms with E-state index in [1.165, 1.54) is 16.3 Å². The Morgan fingerprint density at radius 2 is 2.17 bits per heavy atom. The Bertz CT molecular complexity index is 606. The summed E-state index contributed by atoms with van der Waals surface area (Å²) in [4.78, 5) is 11.4. The average molecular weight is 241 g/mol. The minimum Gasteiger partial charge on any atom is -0.497 e. The summed E-state index contributed by atoms with van der Waals surface area (Å²) in [5, 5.41) is 5.26. The lowest BCUT2D eigenvalue weighted by Crippen LogP contribution is -2.13. The van der Waals surface area contributed by atoms with Gasteiger partial charge in [-0.25, -0.2) is 0 Å². The van der Waals surface area contributed by atoms with Crippen LogP contribution in [0.25, 0.3) is 10.8 Å². The predicted octanol–water partition coefficient (Wildman–Crippen LogP) is 2.45. The van der Waals surface area contributed by atoms with Crippen molar-refractivity contribution in [2.75, 3.05) is 13.7 Å². The van der Waals surface area contributed by atoms with E-state index in [4.69, 9.17) is 4.74 Å². The Labute approximate surface area is 106 Å². The number of carbonyl (C=O) groups is 1. The molecule has 0 aliphatic carbocycles. The maximum Gasteiger partial charge on any atom is 0.220 e. The first kappa shape index (κ1) is 11.1. The van der Waals surface area contributed by atoms with Crippen LogP contribution in [0.4, 0.5) is 0 Å². The topological polar surface area (TPSA) is 38.3 Å². The van der Waals surface area contributed by atoms with Gasteiger partial charge in [0.2, 0.25) is 5.91 Å². The van der Waals surface area contributed by atoms with Crippen molar-refractivity contribution in [1.29, 1.82) is 0 Å². The summed E-state index contributed by atoms with van der Waals surface area (Å²) in [6, 6.07) is 12.3. The molecule has 3 nitrogen and oxygen atoms in total. The van der Waals surface area contributed by atoms with Crippen LogP contribution in [-0.2, 0) is 4.79 Å². The fourth-order valence-electron chi connectivity index (χ4n) is 2.58. The molecule has 1 N–H and O–H groups in total. The summed E-state index contributed by atoms with van der Waals surface area (Å²) in [5.41, 5.74) is 1.23. The van der Waals surface area contributed by atoms with Crippen molar-refractivity contribution in [1.82, 2.24) is 5.32 Å². The molecule has 0 bridgehead atoms. The van der Waals surface area contributed by atoms with Crippen molar-refractivity contribution >= 4 is 16.7 Å². The molecule has 1 atom stereocenters. The molecular formula is C15H15NO2. The Morgan fingerprint density at radius 1 is 1.28 bits per heavy atom.